The molecular formula is C8H16O3. The lowest BCUT2D eigenvalue weighted by molar-refractivity contribution is -0.190. The summed E-state index contributed by atoms with van der Waals surface area (Å²) in [5, 5.41) is 8.68. The van der Waals surface area contributed by atoms with Crippen LogP contribution in [0.1, 0.15) is 26.2 Å². The van der Waals surface area contributed by atoms with Crippen LogP contribution in [0.15, 0.2) is 0 Å². The Balaban J connectivity index is 2.13. The summed E-state index contributed by atoms with van der Waals surface area (Å²) in [6, 6.07) is 0. The van der Waals surface area contributed by atoms with Gasteiger partial charge >= 0.3 is 0 Å². The summed E-state index contributed by atoms with van der Waals surface area (Å²) in [5.41, 5.74) is 0. The number of hydrogen-bond acceptors (Lipinski definition) is 3. The molecule has 2 atom stereocenters. The van der Waals surface area contributed by atoms with Gasteiger partial charge in [0.15, 0.2) is 6.29 Å². The molecule has 3 nitrogen and oxygen atoms in total. The standard InChI is InChI=1S/C8H16O3/c1-7(6-9)11-8-4-2-3-5-10-8/h7-9H,2-6H2,1H3/t7-,8+/m1/s1. The molecule has 0 bridgehead atoms. The van der Waals surface area contributed by atoms with E-state index in [-0.39, 0.29) is 19.0 Å². The molecule has 1 aliphatic rings. The average molecular weight is 160 g/mol. The highest BCUT2D eigenvalue weighted by atomic mass is 16.7. The van der Waals surface area contributed by atoms with Crippen LogP contribution in [-0.4, -0.2) is 30.7 Å². The normalized spacial score (nSPS) is 28.4. The van der Waals surface area contributed by atoms with Crippen LogP contribution in [-0.2, 0) is 9.47 Å². The second-order valence-corrected chi connectivity index (χ2v) is 2.93. The van der Waals surface area contributed by atoms with Gasteiger partial charge in [-0.05, 0) is 26.2 Å². The molecule has 3 heteroatoms. The molecule has 0 aromatic carbocycles. The third kappa shape index (κ3) is 3.18. The molecule has 1 fully saturated rings. The molecule has 11 heavy (non-hydrogen) atoms. The first-order valence-corrected chi connectivity index (χ1v) is 4.21. The zero-order chi connectivity index (χ0) is 8.10. The van der Waals surface area contributed by atoms with Crippen molar-refractivity contribution in [2.75, 3.05) is 13.2 Å². The minimum absolute atomic E-state index is 0.0693. The van der Waals surface area contributed by atoms with E-state index in [9.17, 15) is 0 Å². The van der Waals surface area contributed by atoms with Gasteiger partial charge in [-0.2, -0.15) is 0 Å². The van der Waals surface area contributed by atoms with E-state index in [1.165, 1.54) is 6.42 Å². The third-order valence-corrected chi connectivity index (χ3v) is 1.78. The largest absolute Gasteiger partial charge is 0.394 e. The monoisotopic (exact) mass is 160 g/mol. The molecule has 0 saturated carbocycles. The summed E-state index contributed by atoms with van der Waals surface area (Å²) in [5.74, 6) is 0. The van der Waals surface area contributed by atoms with Gasteiger partial charge in [0, 0.05) is 6.61 Å². The molecular weight excluding hydrogens is 144 g/mol. The molecule has 0 aliphatic carbocycles. The van der Waals surface area contributed by atoms with Gasteiger partial charge in [0.2, 0.25) is 0 Å². The van der Waals surface area contributed by atoms with Gasteiger partial charge in [-0.25, -0.2) is 0 Å². The van der Waals surface area contributed by atoms with Crippen LogP contribution in [0, 0.1) is 0 Å². The van der Waals surface area contributed by atoms with Crippen LogP contribution in [0.5, 0.6) is 0 Å². The van der Waals surface area contributed by atoms with Crippen molar-refractivity contribution in [1.29, 1.82) is 0 Å². The molecule has 0 amide bonds. The Bertz CT molecular complexity index is 99.5. The summed E-state index contributed by atoms with van der Waals surface area (Å²) in [6.45, 7) is 2.71. The van der Waals surface area contributed by atoms with Crippen LogP contribution in [0.25, 0.3) is 0 Å². The second kappa shape index (κ2) is 4.70. The first kappa shape index (κ1) is 8.97. The molecule has 1 N–H and O–H groups in total. The van der Waals surface area contributed by atoms with Gasteiger partial charge in [-0.15, -0.1) is 0 Å². The molecule has 1 rings (SSSR count). The maximum Gasteiger partial charge on any atom is 0.158 e. The summed E-state index contributed by atoms with van der Waals surface area (Å²) in [6.07, 6.45) is 3.09. The Kier molecular flexibility index (Phi) is 3.83. The van der Waals surface area contributed by atoms with Crippen molar-refractivity contribution in [2.24, 2.45) is 0 Å². The highest BCUT2D eigenvalue weighted by Crippen LogP contribution is 2.14. The predicted molar refractivity (Wildman–Crippen MR) is 41.2 cm³/mol. The zero-order valence-electron chi connectivity index (χ0n) is 6.95. The van der Waals surface area contributed by atoms with Crippen molar-refractivity contribution in [3.05, 3.63) is 0 Å². The fourth-order valence-electron chi connectivity index (χ4n) is 1.12. The second-order valence-electron chi connectivity index (χ2n) is 2.93. The van der Waals surface area contributed by atoms with Gasteiger partial charge in [0.05, 0.1) is 12.7 Å². The maximum absolute atomic E-state index is 8.68. The quantitative estimate of drug-likeness (QED) is 0.667. The molecule has 66 valence electrons. The molecule has 1 saturated heterocycles. The molecule has 0 aromatic heterocycles. The fourth-order valence-corrected chi connectivity index (χ4v) is 1.12. The lowest BCUT2D eigenvalue weighted by Crippen LogP contribution is -2.28. The number of aliphatic hydroxyl groups excluding tert-OH is 1. The van der Waals surface area contributed by atoms with Crippen LogP contribution < -0.4 is 0 Å². The number of aliphatic hydroxyl groups is 1. The van der Waals surface area contributed by atoms with Gasteiger partial charge in [0.25, 0.3) is 0 Å². The Morgan fingerprint density at radius 2 is 2.45 bits per heavy atom. The van der Waals surface area contributed by atoms with E-state index in [4.69, 9.17) is 14.6 Å². The molecule has 0 radical (unpaired) electrons. The average Bonchev–Trinajstić information content (AvgIpc) is 2.06. The third-order valence-electron chi connectivity index (χ3n) is 1.78. The molecule has 0 spiro atoms. The summed E-state index contributed by atoms with van der Waals surface area (Å²) in [7, 11) is 0. The van der Waals surface area contributed by atoms with Crippen LogP contribution >= 0.6 is 0 Å². The zero-order valence-corrected chi connectivity index (χ0v) is 6.95. The van der Waals surface area contributed by atoms with E-state index in [1.807, 2.05) is 6.92 Å². The van der Waals surface area contributed by atoms with Crippen molar-refractivity contribution in [1.82, 2.24) is 0 Å². The first-order valence-electron chi connectivity index (χ1n) is 4.21. The number of ether oxygens (including phenoxy) is 2. The summed E-state index contributed by atoms with van der Waals surface area (Å²) >= 11 is 0. The van der Waals surface area contributed by atoms with Crippen LogP contribution in [0.2, 0.25) is 0 Å². The molecule has 1 aliphatic heterocycles. The Morgan fingerprint density at radius 3 is 3.00 bits per heavy atom. The van der Waals surface area contributed by atoms with Crippen LogP contribution in [0.3, 0.4) is 0 Å². The predicted octanol–water partition coefficient (Wildman–Crippen LogP) is 0.910. The lowest BCUT2D eigenvalue weighted by atomic mass is 10.2. The van der Waals surface area contributed by atoms with E-state index in [1.54, 1.807) is 0 Å². The Morgan fingerprint density at radius 1 is 1.64 bits per heavy atom. The van der Waals surface area contributed by atoms with Crippen molar-refractivity contribution in [3.8, 4) is 0 Å². The fraction of sp³-hybridized carbons (Fsp3) is 1.00. The summed E-state index contributed by atoms with van der Waals surface area (Å²) < 4.78 is 10.7. The van der Waals surface area contributed by atoms with E-state index in [0.717, 1.165) is 19.4 Å². The highest BCUT2D eigenvalue weighted by Gasteiger charge is 2.16. The Labute approximate surface area is 67.3 Å². The van der Waals surface area contributed by atoms with E-state index in [2.05, 4.69) is 0 Å². The summed E-state index contributed by atoms with van der Waals surface area (Å²) in [4.78, 5) is 0. The molecule has 0 unspecified atom stereocenters. The van der Waals surface area contributed by atoms with E-state index in [0.29, 0.717) is 0 Å². The minimum Gasteiger partial charge on any atom is -0.394 e. The van der Waals surface area contributed by atoms with Crippen LogP contribution in [0.4, 0.5) is 0 Å². The first-order chi connectivity index (χ1) is 5.33. The Hall–Kier alpha value is -0.120. The van der Waals surface area contributed by atoms with Crippen molar-refractivity contribution in [3.63, 3.8) is 0 Å². The van der Waals surface area contributed by atoms with Gasteiger partial charge in [-0.3, -0.25) is 0 Å². The smallest absolute Gasteiger partial charge is 0.158 e. The molecule has 1 heterocycles. The van der Waals surface area contributed by atoms with Crippen molar-refractivity contribution < 1.29 is 14.6 Å². The minimum atomic E-state index is -0.0990. The number of hydrogen-bond donors (Lipinski definition) is 1. The lowest BCUT2D eigenvalue weighted by Gasteiger charge is -2.25. The van der Waals surface area contributed by atoms with Gasteiger partial charge in [-0.1, -0.05) is 0 Å². The van der Waals surface area contributed by atoms with Crippen molar-refractivity contribution in [2.45, 2.75) is 38.6 Å². The van der Waals surface area contributed by atoms with Crippen molar-refractivity contribution >= 4 is 0 Å². The van der Waals surface area contributed by atoms with Gasteiger partial charge in [0.1, 0.15) is 0 Å². The highest BCUT2D eigenvalue weighted by molar-refractivity contribution is 4.56. The molecule has 0 aromatic rings. The van der Waals surface area contributed by atoms with E-state index < -0.39 is 0 Å². The maximum atomic E-state index is 8.68. The topological polar surface area (TPSA) is 38.7 Å². The SMILES string of the molecule is C[C@H](CO)O[C@H]1CCCCO1. The van der Waals surface area contributed by atoms with Gasteiger partial charge < -0.3 is 14.6 Å². The number of rotatable bonds is 3. The van der Waals surface area contributed by atoms with E-state index >= 15 is 0 Å².